The monoisotopic (exact) mass is 293 g/mol. The number of fused-ring (bicyclic) bond motifs is 1. The molecular formula is C16H23NO4. The number of aliphatic hydroxyl groups excluding tert-OH is 1. The minimum Gasteiger partial charge on any atom is -0.486 e. The van der Waals surface area contributed by atoms with Crippen molar-refractivity contribution in [2.24, 2.45) is 0 Å². The largest absolute Gasteiger partial charge is 0.486 e. The molecule has 116 valence electrons. The van der Waals surface area contributed by atoms with Gasteiger partial charge in [0.2, 0.25) is 0 Å². The van der Waals surface area contributed by atoms with Crippen LogP contribution in [0, 0.1) is 0 Å². The first kappa shape index (κ1) is 14.6. The van der Waals surface area contributed by atoms with E-state index in [1.807, 2.05) is 18.2 Å². The Bertz CT molecular complexity index is 491. The Morgan fingerprint density at radius 1 is 1.14 bits per heavy atom. The number of morpholine rings is 1. The zero-order chi connectivity index (χ0) is 14.8. The summed E-state index contributed by atoms with van der Waals surface area (Å²) in [6.45, 7) is 7.77. The van der Waals surface area contributed by atoms with Crippen LogP contribution in [0.4, 0.5) is 0 Å². The van der Waals surface area contributed by atoms with E-state index in [0.29, 0.717) is 31.6 Å². The number of aliphatic hydroxyl groups is 1. The molecule has 1 fully saturated rings. The molecule has 2 heterocycles. The SMILES string of the molecule is CC(C)N1CCOC(C(O)c2ccc3c(c2)OCCO3)C1. The minimum atomic E-state index is -0.651. The van der Waals surface area contributed by atoms with E-state index in [9.17, 15) is 5.11 Å². The number of hydrogen-bond donors (Lipinski definition) is 1. The number of benzene rings is 1. The molecule has 0 amide bonds. The molecular weight excluding hydrogens is 270 g/mol. The molecule has 2 aliphatic heterocycles. The predicted molar refractivity (Wildman–Crippen MR) is 78.8 cm³/mol. The Balaban J connectivity index is 1.73. The van der Waals surface area contributed by atoms with E-state index in [1.54, 1.807) is 0 Å². The first-order chi connectivity index (χ1) is 10.1. The summed E-state index contributed by atoms with van der Waals surface area (Å²) in [6.07, 6.45) is -0.855. The van der Waals surface area contributed by atoms with Crippen molar-refractivity contribution in [3.63, 3.8) is 0 Å². The summed E-state index contributed by atoms with van der Waals surface area (Å²) in [5, 5.41) is 10.6. The third-order valence-electron chi connectivity index (χ3n) is 4.12. The maximum Gasteiger partial charge on any atom is 0.161 e. The van der Waals surface area contributed by atoms with Gasteiger partial charge in [-0.25, -0.2) is 0 Å². The van der Waals surface area contributed by atoms with E-state index in [2.05, 4.69) is 18.7 Å². The van der Waals surface area contributed by atoms with Gasteiger partial charge in [-0.2, -0.15) is 0 Å². The lowest BCUT2D eigenvalue weighted by molar-refractivity contribution is -0.0962. The lowest BCUT2D eigenvalue weighted by Gasteiger charge is -2.37. The maximum atomic E-state index is 10.6. The molecule has 1 saturated heterocycles. The predicted octanol–water partition coefficient (Wildman–Crippen LogP) is 1.60. The van der Waals surface area contributed by atoms with Gasteiger partial charge < -0.3 is 19.3 Å². The van der Waals surface area contributed by atoms with E-state index < -0.39 is 6.10 Å². The summed E-state index contributed by atoms with van der Waals surface area (Å²) in [6, 6.07) is 6.06. The fraction of sp³-hybridized carbons (Fsp3) is 0.625. The van der Waals surface area contributed by atoms with Crippen LogP contribution in [0.1, 0.15) is 25.5 Å². The molecule has 21 heavy (non-hydrogen) atoms. The van der Waals surface area contributed by atoms with Crippen LogP contribution in [-0.4, -0.2) is 55.1 Å². The van der Waals surface area contributed by atoms with Gasteiger partial charge in [0.25, 0.3) is 0 Å². The quantitative estimate of drug-likeness (QED) is 0.917. The Hall–Kier alpha value is -1.30. The van der Waals surface area contributed by atoms with Crippen LogP contribution in [0.2, 0.25) is 0 Å². The summed E-state index contributed by atoms with van der Waals surface area (Å²) in [7, 11) is 0. The third-order valence-corrected chi connectivity index (χ3v) is 4.12. The summed E-state index contributed by atoms with van der Waals surface area (Å²) >= 11 is 0. The van der Waals surface area contributed by atoms with Crippen LogP contribution in [0.5, 0.6) is 11.5 Å². The molecule has 2 unspecified atom stereocenters. The smallest absolute Gasteiger partial charge is 0.161 e. The second kappa shape index (κ2) is 6.22. The van der Waals surface area contributed by atoms with E-state index in [-0.39, 0.29) is 6.10 Å². The lowest BCUT2D eigenvalue weighted by atomic mass is 10.0. The Morgan fingerprint density at radius 3 is 2.67 bits per heavy atom. The van der Waals surface area contributed by atoms with Crippen LogP contribution >= 0.6 is 0 Å². The average molecular weight is 293 g/mol. The molecule has 2 aliphatic rings. The van der Waals surface area contributed by atoms with E-state index in [1.165, 1.54) is 0 Å². The molecule has 2 atom stereocenters. The maximum absolute atomic E-state index is 10.6. The normalized spacial score (nSPS) is 24.1. The molecule has 0 saturated carbocycles. The van der Waals surface area contributed by atoms with Crippen LogP contribution in [0.3, 0.4) is 0 Å². The summed E-state index contributed by atoms with van der Waals surface area (Å²) in [4.78, 5) is 2.33. The van der Waals surface area contributed by atoms with E-state index in [4.69, 9.17) is 14.2 Å². The zero-order valence-corrected chi connectivity index (χ0v) is 12.6. The van der Waals surface area contributed by atoms with Crippen molar-refractivity contribution in [3.8, 4) is 11.5 Å². The standard InChI is InChI=1S/C16H23NO4/c1-11(2)17-5-6-19-15(10-17)16(18)12-3-4-13-14(9-12)21-8-7-20-13/h3-4,9,11,15-16,18H,5-8,10H2,1-2H3. The van der Waals surface area contributed by atoms with Crippen LogP contribution < -0.4 is 9.47 Å². The highest BCUT2D eigenvalue weighted by Gasteiger charge is 2.29. The van der Waals surface area contributed by atoms with Gasteiger partial charge in [0, 0.05) is 19.1 Å². The van der Waals surface area contributed by atoms with Crippen molar-refractivity contribution in [1.29, 1.82) is 0 Å². The highest BCUT2D eigenvalue weighted by molar-refractivity contribution is 5.44. The van der Waals surface area contributed by atoms with Gasteiger partial charge in [-0.15, -0.1) is 0 Å². The first-order valence-corrected chi connectivity index (χ1v) is 7.58. The van der Waals surface area contributed by atoms with Gasteiger partial charge in [-0.05, 0) is 31.5 Å². The summed E-state index contributed by atoms with van der Waals surface area (Å²) in [5.74, 6) is 1.44. The second-order valence-corrected chi connectivity index (χ2v) is 5.85. The summed E-state index contributed by atoms with van der Waals surface area (Å²) in [5.41, 5.74) is 0.815. The molecule has 5 nitrogen and oxygen atoms in total. The Morgan fingerprint density at radius 2 is 1.90 bits per heavy atom. The number of hydrogen-bond acceptors (Lipinski definition) is 5. The highest BCUT2D eigenvalue weighted by atomic mass is 16.6. The van der Waals surface area contributed by atoms with Crippen molar-refractivity contribution in [2.75, 3.05) is 32.9 Å². The second-order valence-electron chi connectivity index (χ2n) is 5.85. The molecule has 0 radical (unpaired) electrons. The van der Waals surface area contributed by atoms with Crippen LogP contribution in [-0.2, 0) is 4.74 Å². The molecule has 1 aromatic rings. The molecule has 0 aliphatic carbocycles. The molecule has 0 spiro atoms. The fourth-order valence-electron chi connectivity index (χ4n) is 2.82. The zero-order valence-electron chi connectivity index (χ0n) is 12.6. The van der Waals surface area contributed by atoms with Crippen molar-refractivity contribution in [1.82, 2.24) is 4.90 Å². The average Bonchev–Trinajstić information content (AvgIpc) is 2.53. The third kappa shape index (κ3) is 3.15. The molecule has 1 aromatic carbocycles. The van der Waals surface area contributed by atoms with Gasteiger partial charge in [0.05, 0.1) is 6.61 Å². The van der Waals surface area contributed by atoms with E-state index in [0.717, 1.165) is 24.4 Å². The van der Waals surface area contributed by atoms with Crippen molar-refractivity contribution in [3.05, 3.63) is 23.8 Å². The topological polar surface area (TPSA) is 51.2 Å². The number of ether oxygens (including phenoxy) is 3. The Kier molecular flexibility index (Phi) is 4.33. The lowest BCUT2D eigenvalue weighted by Crippen LogP contribution is -2.47. The van der Waals surface area contributed by atoms with Gasteiger partial charge in [0.1, 0.15) is 25.4 Å². The molecule has 0 bridgehead atoms. The number of rotatable bonds is 3. The highest BCUT2D eigenvalue weighted by Crippen LogP contribution is 2.34. The molecule has 0 aromatic heterocycles. The molecule has 1 N–H and O–H groups in total. The van der Waals surface area contributed by atoms with Crippen LogP contribution in [0.15, 0.2) is 18.2 Å². The summed E-state index contributed by atoms with van der Waals surface area (Å²) < 4.78 is 16.8. The number of nitrogens with zero attached hydrogens (tertiary/aromatic N) is 1. The van der Waals surface area contributed by atoms with Crippen molar-refractivity contribution < 1.29 is 19.3 Å². The fourth-order valence-corrected chi connectivity index (χ4v) is 2.82. The van der Waals surface area contributed by atoms with Gasteiger partial charge >= 0.3 is 0 Å². The Labute approximate surface area is 125 Å². The van der Waals surface area contributed by atoms with Gasteiger partial charge in [-0.1, -0.05) is 6.07 Å². The van der Waals surface area contributed by atoms with Gasteiger partial charge in [0.15, 0.2) is 11.5 Å². The van der Waals surface area contributed by atoms with Crippen LogP contribution in [0.25, 0.3) is 0 Å². The molecule has 5 heteroatoms. The van der Waals surface area contributed by atoms with Crippen molar-refractivity contribution >= 4 is 0 Å². The minimum absolute atomic E-state index is 0.205. The van der Waals surface area contributed by atoms with E-state index >= 15 is 0 Å². The van der Waals surface area contributed by atoms with Gasteiger partial charge in [-0.3, -0.25) is 4.90 Å². The molecule has 3 rings (SSSR count). The van der Waals surface area contributed by atoms with Crippen molar-refractivity contribution in [2.45, 2.75) is 32.1 Å². The first-order valence-electron chi connectivity index (χ1n) is 7.58.